The highest BCUT2D eigenvalue weighted by Gasteiger charge is 2.44. The van der Waals surface area contributed by atoms with Gasteiger partial charge in [-0.15, -0.1) is 0 Å². The van der Waals surface area contributed by atoms with Crippen LogP contribution in [0.4, 0.5) is 0 Å². The van der Waals surface area contributed by atoms with Gasteiger partial charge in [0, 0.05) is 5.41 Å². The highest BCUT2D eigenvalue weighted by molar-refractivity contribution is 5.82. The summed E-state index contributed by atoms with van der Waals surface area (Å²) in [6.45, 7) is 8.29. The van der Waals surface area contributed by atoms with Crippen LogP contribution in [0.15, 0.2) is 0 Å². The molecule has 1 heteroatoms. The van der Waals surface area contributed by atoms with Crippen LogP contribution in [0.1, 0.15) is 40.5 Å². The standard InChI is InChI=1S/C10H18O/c1-7(2)9-5-10(4,6-9)8(3)11/h7,9H,5-6H2,1-4H3. The van der Waals surface area contributed by atoms with Crippen molar-refractivity contribution in [2.45, 2.75) is 40.5 Å². The summed E-state index contributed by atoms with van der Waals surface area (Å²) in [6, 6.07) is 0. The highest BCUT2D eigenvalue weighted by atomic mass is 16.1. The van der Waals surface area contributed by atoms with Crippen LogP contribution < -0.4 is 0 Å². The van der Waals surface area contributed by atoms with E-state index in [0.717, 1.165) is 24.7 Å². The number of hydrogen-bond acceptors (Lipinski definition) is 1. The summed E-state index contributed by atoms with van der Waals surface area (Å²) in [4.78, 5) is 11.1. The van der Waals surface area contributed by atoms with Crippen molar-refractivity contribution in [3.8, 4) is 0 Å². The van der Waals surface area contributed by atoms with Gasteiger partial charge in [0.1, 0.15) is 5.78 Å². The normalized spacial score (nSPS) is 37.0. The lowest BCUT2D eigenvalue weighted by Gasteiger charge is -2.45. The number of rotatable bonds is 2. The molecule has 1 rings (SSSR count). The minimum absolute atomic E-state index is 0.0366. The Morgan fingerprint density at radius 1 is 1.45 bits per heavy atom. The number of Topliss-reactive ketones (excluding diaryl/α,β-unsaturated/α-hetero) is 1. The Labute approximate surface area is 69.2 Å². The maximum atomic E-state index is 11.1. The van der Waals surface area contributed by atoms with Crippen LogP contribution in [0.3, 0.4) is 0 Å². The summed E-state index contributed by atoms with van der Waals surface area (Å²) < 4.78 is 0. The van der Waals surface area contributed by atoms with Crippen molar-refractivity contribution in [1.82, 2.24) is 0 Å². The van der Waals surface area contributed by atoms with Gasteiger partial charge in [0.15, 0.2) is 0 Å². The molecule has 64 valence electrons. The molecule has 0 saturated heterocycles. The molecule has 0 radical (unpaired) electrons. The van der Waals surface area contributed by atoms with Crippen molar-refractivity contribution < 1.29 is 4.79 Å². The summed E-state index contributed by atoms with van der Waals surface area (Å²) in [5.41, 5.74) is 0.0366. The lowest BCUT2D eigenvalue weighted by atomic mass is 9.58. The Kier molecular flexibility index (Phi) is 2.08. The van der Waals surface area contributed by atoms with E-state index >= 15 is 0 Å². The van der Waals surface area contributed by atoms with Gasteiger partial charge in [-0.3, -0.25) is 4.79 Å². The predicted molar refractivity (Wildman–Crippen MR) is 46.4 cm³/mol. The van der Waals surface area contributed by atoms with Gasteiger partial charge in [-0.1, -0.05) is 20.8 Å². The maximum Gasteiger partial charge on any atom is 0.135 e. The zero-order chi connectivity index (χ0) is 8.65. The second-order valence-electron chi connectivity index (χ2n) is 4.53. The van der Waals surface area contributed by atoms with Crippen LogP contribution in [-0.4, -0.2) is 5.78 Å². The van der Waals surface area contributed by atoms with E-state index in [0.29, 0.717) is 5.78 Å². The summed E-state index contributed by atoms with van der Waals surface area (Å²) in [7, 11) is 0. The van der Waals surface area contributed by atoms with Crippen molar-refractivity contribution in [3.05, 3.63) is 0 Å². The first-order chi connectivity index (χ1) is 4.96. The van der Waals surface area contributed by atoms with E-state index in [4.69, 9.17) is 0 Å². The molecule has 1 nitrogen and oxygen atoms in total. The molecular weight excluding hydrogens is 136 g/mol. The van der Waals surface area contributed by atoms with Crippen molar-refractivity contribution in [3.63, 3.8) is 0 Å². The van der Waals surface area contributed by atoms with E-state index in [1.165, 1.54) is 0 Å². The average molecular weight is 154 g/mol. The molecule has 0 aliphatic heterocycles. The van der Waals surface area contributed by atoms with Gasteiger partial charge >= 0.3 is 0 Å². The molecular formula is C10H18O. The lowest BCUT2D eigenvalue weighted by Crippen LogP contribution is -2.42. The van der Waals surface area contributed by atoms with Gasteiger partial charge in [-0.2, -0.15) is 0 Å². The zero-order valence-electron chi connectivity index (χ0n) is 7.98. The molecule has 1 aliphatic rings. The zero-order valence-corrected chi connectivity index (χ0v) is 7.98. The lowest BCUT2D eigenvalue weighted by molar-refractivity contribution is -0.134. The molecule has 0 heterocycles. The fourth-order valence-electron chi connectivity index (χ4n) is 1.86. The van der Waals surface area contributed by atoms with Crippen molar-refractivity contribution in [2.75, 3.05) is 0 Å². The molecule has 11 heavy (non-hydrogen) atoms. The Balaban J connectivity index is 2.44. The van der Waals surface area contributed by atoms with Gasteiger partial charge in [0.2, 0.25) is 0 Å². The third-order valence-corrected chi connectivity index (χ3v) is 3.22. The minimum atomic E-state index is 0.0366. The molecule has 1 aliphatic carbocycles. The average Bonchev–Trinajstić information content (AvgIpc) is 1.79. The van der Waals surface area contributed by atoms with E-state index in [2.05, 4.69) is 20.8 Å². The number of carbonyl (C=O) groups is 1. The van der Waals surface area contributed by atoms with Gasteiger partial charge in [0.25, 0.3) is 0 Å². The van der Waals surface area contributed by atoms with Crippen LogP contribution in [0.5, 0.6) is 0 Å². The van der Waals surface area contributed by atoms with E-state index in [1.807, 2.05) is 0 Å². The number of hydrogen-bond donors (Lipinski definition) is 0. The smallest absolute Gasteiger partial charge is 0.135 e. The summed E-state index contributed by atoms with van der Waals surface area (Å²) >= 11 is 0. The molecule has 0 bridgehead atoms. The molecule has 0 N–H and O–H groups in total. The molecule has 0 unspecified atom stereocenters. The Hall–Kier alpha value is -0.330. The highest BCUT2D eigenvalue weighted by Crippen LogP contribution is 2.48. The summed E-state index contributed by atoms with van der Waals surface area (Å²) in [5.74, 6) is 1.92. The van der Waals surface area contributed by atoms with Crippen LogP contribution in [0, 0.1) is 17.3 Å². The molecule has 1 fully saturated rings. The Morgan fingerprint density at radius 2 is 1.91 bits per heavy atom. The van der Waals surface area contributed by atoms with E-state index in [1.54, 1.807) is 6.92 Å². The molecule has 0 spiro atoms. The van der Waals surface area contributed by atoms with E-state index in [9.17, 15) is 4.79 Å². The third kappa shape index (κ3) is 1.47. The van der Waals surface area contributed by atoms with Crippen molar-refractivity contribution >= 4 is 5.78 Å². The minimum Gasteiger partial charge on any atom is -0.299 e. The quantitative estimate of drug-likeness (QED) is 0.597. The van der Waals surface area contributed by atoms with Gasteiger partial charge in [0.05, 0.1) is 0 Å². The molecule has 0 aromatic heterocycles. The largest absolute Gasteiger partial charge is 0.299 e. The monoisotopic (exact) mass is 154 g/mol. The first-order valence-electron chi connectivity index (χ1n) is 4.47. The molecule has 0 aromatic carbocycles. The summed E-state index contributed by atoms with van der Waals surface area (Å²) in [6.07, 6.45) is 2.22. The number of ketones is 1. The fraction of sp³-hybridized carbons (Fsp3) is 0.900. The molecule has 0 amide bonds. The van der Waals surface area contributed by atoms with Crippen molar-refractivity contribution in [1.29, 1.82) is 0 Å². The SMILES string of the molecule is CC(=O)C1(C)CC(C(C)C)C1. The van der Waals surface area contributed by atoms with E-state index in [-0.39, 0.29) is 5.41 Å². The second-order valence-corrected chi connectivity index (χ2v) is 4.53. The number of carbonyl (C=O) groups excluding carboxylic acids is 1. The first kappa shape index (κ1) is 8.76. The Morgan fingerprint density at radius 3 is 2.18 bits per heavy atom. The first-order valence-corrected chi connectivity index (χ1v) is 4.47. The van der Waals surface area contributed by atoms with Gasteiger partial charge < -0.3 is 0 Å². The van der Waals surface area contributed by atoms with Crippen molar-refractivity contribution in [2.24, 2.45) is 17.3 Å². The van der Waals surface area contributed by atoms with E-state index < -0.39 is 0 Å². The predicted octanol–water partition coefficient (Wildman–Crippen LogP) is 2.65. The Bertz CT molecular complexity index is 164. The van der Waals surface area contributed by atoms with Gasteiger partial charge in [-0.25, -0.2) is 0 Å². The maximum absolute atomic E-state index is 11.1. The second kappa shape index (κ2) is 2.62. The van der Waals surface area contributed by atoms with Crippen LogP contribution >= 0.6 is 0 Å². The van der Waals surface area contributed by atoms with Crippen LogP contribution in [-0.2, 0) is 4.79 Å². The fourth-order valence-corrected chi connectivity index (χ4v) is 1.86. The molecule has 0 aromatic rings. The molecule has 1 saturated carbocycles. The van der Waals surface area contributed by atoms with Crippen LogP contribution in [0.25, 0.3) is 0 Å². The van der Waals surface area contributed by atoms with Crippen LogP contribution in [0.2, 0.25) is 0 Å². The van der Waals surface area contributed by atoms with Gasteiger partial charge in [-0.05, 0) is 31.6 Å². The third-order valence-electron chi connectivity index (χ3n) is 3.22. The molecule has 0 atom stereocenters. The topological polar surface area (TPSA) is 17.1 Å². The summed E-state index contributed by atoms with van der Waals surface area (Å²) in [5, 5.41) is 0.